The predicted octanol–water partition coefficient (Wildman–Crippen LogP) is 1.25. The third-order valence-corrected chi connectivity index (χ3v) is 3.05. The molecule has 1 N–H and O–H groups in total. The number of nitrogens with zero attached hydrogens (tertiary/aromatic N) is 5. The maximum atomic E-state index is 11.0. The summed E-state index contributed by atoms with van der Waals surface area (Å²) < 4.78 is 5.26. The highest BCUT2D eigenvalue weighted by molar-refractivity contribution is 6.10. The van der Waals surface area contributed by atoms with E-state index in [1.54, 1.807) is 24.3 Å². The molecule has 0 amide bonds. The van der Waals surface area contributed by atoms with Gasteiger partial charge in [-0.15, -0.1) is 0 Å². The number of benzene rings is 1. The van der Waals surface area contributed by atoms with Crippen LogP contribution in [0.15, 0.2) is 23.3 Å². The van der Waals surface area contributed by atoms with Gasteiger partial charge in [0.2, 0.25) is 5.71 Å². The fourth-order valence-electron chi connectivity index (χ4n) is 1.98. The lowest BCUT2D eigenvalue weighted by Crippen LogP contribution is -2.36. The number of morpholine rings is 1. The Morgan fingerprint density at radius 1 is 1.36 bits per heavy atom. The number of hydrogen-bond acceptors (Lipinski definition) is 8. The summed E-state index contributed by atoms with van der Waals surface area (Å²) in [7, 11) is 0. The van der Waals surface area contributed by atoms with Crippen LogP contribution in [0.3, 0.4) is 0 Å². The van der Waals surface area contributed by atoms with Gasteiger partial charge in [0.05, 0.1) is 18.1 Å². The van der Waals surface area contributed by atoms with Crippen LogP contribution in [0.5, 0.6) is 0 Å². The van der Waals surface area contributed by atoms with Gasteiger partial charge in [-0.3, -0.25) is 15.5 Å². The molecule has 22 heavy (non-hydrogen) atoms. The molecule has 0 unspecified atom stereocenters. The molecule has 2 rings (SSSR count). The molecular formula is C13H12N6O3. The van der Waals surface area contributed by atoms with Crippen molar-refractivity contribution in [2.75, 3.05) is 36.6 Å². The van der Waals surface area contributed by atoms with Gasteiger partial charge in [0.25, 0.3) is 5.69 Å². The van der Waals surface area contributed by atoms with E-state index in [1.807, 2.05) is 4.90 Å². The van der Waals surface area contributed by atoms with Gasteiger partial charge in [-0.2, -0.15) is 15.6 Å². The van der Waals surface area contributed by atoms with E-state index in [4.69, 9.17) is 15.3 Å². The molecule has 1 saturated heterocycles. The summed E-state index contributed by atoms with van der Waals surface area (Å²) in [6.07, 6.45) is 0. The largest absolute Gasteiger partial charge is 0.378 e. The van der Waals surface area contributed by atoms with Crippen molar-refractivity contribution in [3.8, 4) is 12.1 Å². The van der Waals surface area contributed by atoms with E-state index in [-0.39, 0.29) is 11.4 Å². The van der Waals surface area contributed by atoms with Crippen LogP contribution >= 0.6 is 0 Å². The normalized spacial score (nSPS) is 13.6. The highest BCUT2D eigenvalue weighted by Crippen LogP contribution is 2.30. The molecule has 112 valence electrons. The summed E-state index contributed by atoms with van der Waals surface area (Å²) in [6, 6.07) is 7.73. The first-order valence-electron chi connectivity index (χ1n) is 6.40. The summed E-state index contributed by atoms with van der Waals surface area (Å²) in [5.74, 6) is 0. The van der Waals surface area contributed by atoms with Crippen LogP contribution in [0, 0.1) is 32.8 Å². The number of nitrogens with one attached hydrogen (secondary N) is 1. The minimum absolute atomic E-state index is 0.122. The number of rotatable bonds is 4. The second-order valence-electron chi connectivity index (χ2n) is 4.35. The fourth-order valence-corrected chi connectivity index (χ4v) is 1.98. The number of nitriles is 2. The topological polar surface area (TPSA) is 128 Å². The number of nitro benzene ring substituents is 1. The van der Waals surface area contributed by atoms with Gasteiger partial charge in [-0.05, 0) is 12.1 Å². The third kappa shape index (κ3) is 3.48. The van der Waals surface area contributed by atoms with Crippen LogP contribution in [0.25, 0.3) is 0 Å². The first kappa shape index (κ1) is 15.2. The Kier molecular flexibility index (Phi) is 4.85. The lowest BCUT2D eigenvalue weighted by molar-refractivity contribution is -0.383. The molecule has 0 bridgehead atoms. The minimum atomic E-state index is -0.556. The molecule has 0 aliphatic carbocycles. The second kappa shape index (κ2) is 7.02. The quantitative estimate of drug-likeness (QED) is 0.503. The molecule has 0 saturated carbocycles. The molecule has 9 heteroatoms. The van der Waals surface area contributed by atoms with Crippen LogP contribution in [-0.4, -0.2) is 36.9 Å². The van der Waals surface area contributed by atoms with Gasteiger partial charge in [0.15, 0.2) is 0 Å². The number of hydrogen-bond donors (Lipinski definition) is 1. The third-order valence-electron chi connectivity index (χ3n) is 3.05. The van der Waals surface area contributed by atoms with E-state index >= 15 is 0 Å². The molecule has 9 nitrogen and oxygen atoms in total. The standard InChI is InChI=1S/C13H12N6O3/c14-8-10(9-15)16-17-12-7-11(1-2-13(12)19(20)21)18-3-5-22-6-4-18/h1-2,7,17H,3-6H2. The van der Waals surface area contributed by atoms with Crippen LogP contribution in [0.4, 0.5) is 17.1 Å². The second-order valence-corrected chi connectivity index (χ2v) is 4.35. The zero-order chi connectivity index (χ0) is 15.9. The van der Waals surface area contributed by atoms with Crippen LogP contribution in [-0.2, 0) is 4.74 Å². The summed E-state index contributed by atoms with van der Waals surface area (Å²) in [5, 5.41) is 31.9. The summed E-state index contributed by atoms with van der Waals surface area (Å²) in [5.41, 5.74) is 2.73. The zero-order valence-corrected chi connectivity index (χ0v) is 11.5. The van der Waals surface area contributed by atoms with Crippen molar-refractivity contribution in [3.05, 3.63) is 28.3 Å². The molecule has 1 aromatic carbocycles. The molecule has 0 radical (unpaired) electrons. The first-order chi connectivity index (χ1) is 10.7. The Labute approximate surface area is 126 Å². The fraction of sp³-hybridized carbons (Fsp3) is 0.308. The summed E-state index contributed by atoms with van der Waals surface area (Å²) >= 11 is 0. The maximum Gasteiger partial charge on any atom is 0.294 e. The Morgan fingerprint density at radius 3 is 2.64 bits per heavy atom. The van der Waals surface area contributed by atoms with Crippen molar-refractivity contribution in [2.24, 2.45) is 5.10 Å². The van der Waals surface area contributed by atoms with Crippen molar-refractivity contribution in [1.82, 2.24) is 0 Å². The highest BCUT2D eigenvalue weighted by Gasteiger charge is 2.18. The van der Waals surface area contributed by atoms with E-state index in [2.05, 4.69) is 10.5 Å². The minimum Gasteiger partial charge on any atom is -0.378 e. The maximum absolute atomic E-state index is 11.0. The van der Waals surface area contributed by atoms with Gasteiger partial charge in [-0.1, -0.05) is 0 Å². The predicted molar refractivity (Wildman–Crippen MR) is 78.4 cm³/mol. The van der Waals surface area contributed by atoms with Crippen molar-refractivity contribution < 1.29 is 9.66 Å². The van der Waals surface area contributed by atoms with Gasteiger partial charge in [0.1, 0.15) is 17.8 Å². The van der Waals surface area contributed by atoms with Crippen molar-refractivity contribution in [2.45, 2.75) is 0 Å². The molecular weight excluding hydrogens is 288 g/mol. The van der Waals surface area contributed by atoms with Gasteiger partial charge in [-0.25, -0.2) is 0 Å². The van der Waals surface area contributed by atoms with E-state index in [1.165, 1.54) is 6.07 Å². The molecule has 0 aromatic heterocycles. The molecule has 1 aromatic rings. The van der Waals surface area contributed by atoms with Crippen molar-refractivity contribution in [3.63, 3.8) is 0 Å². The average molecular weight is 300 g/mol. The van der Waals surface area contributed by atoms with Crippen LogP contribution < -0.4 is 10.3 Å². The van der Waals surface area contributed by atoms with E-state index in [9.17, 15) is 10.1 Å². The van der Waals surface area contributed by atoms with Crippen molar-refractivity contribution in [1.29, 1.82) is 10.5 Å². The molecule has 0 spiro atoms. The Hall–Kier alpha value is -3.17. The van der Waals surface area contributed by atoms with Crippen LogP contribution in [0.1, 0.15) is 0 Å². The number of nitro groups is 1. The smallest absolute Gasteiger partial charge is 0.294 e. The summed E-state index contributed by atoms with van der Waals surface area (Å²) in [6.45, 7) is 2.54. The number of ether oxygens (including phenoxy) is 1. The summed E-state index contributed by atoms with van der Waals surface area (Å²) in [4.78, 5) is 12.5. The Balaban J connectivity index is 2.32. The Bertz CT molecular complexity index is 666. The lowest BCUT2D eigenvalue weighted by atomic mass is 10.2. The van der Waals surface area contributed by atoms with E-state index in [0.29, 0.717) is 26.3 Å². The van der Waals surface area contributed by atoms with Gasteiger partial charge < -0.3 is 9.64 Å². The molecule has 1 aliphatic rings. The molecule has 1 fully saturated rings. The number of anilines is 2. The van der Waals surface area contributed by atoms with E-state index < -0.39 is 10.6 Å². The SMILES string of the molecule is N#CC(C#N)=NNc1cc(N2CCOCC2)ccc1[N+](=O)[O-]. The van der Waals surface area contributed by atoms with Crippen LogP contribution in [0.2, 0.25) is 0 Å². The average Bonchev–Trinajstić information content (AvgIpc) is 2.56. The highest BCUT2D eigenvalue weighted by atomic mass is 16.6. The van der Waals surface area contributed by atoms with Gasteiger partial charge >= 0.3 is 0 Å². The number of hydrazone groups is 1. The van der Waals surface area contributed by atoms with E-state index in [0.717, 1.165) is 5.69 Å². The van der Waals surface area contributed by atoms with Crippen molar-refractivity contribution >= 4 is 22.8 Å². The monoisotopic (exact) mass is 300 g/mol. The van der Waals surface area contributed by atoms with Gasteiger partial charge in [0, 0.05) is 24.8 Å². The molecule has 1 heterocycles. The first-order valence-corrected chi connectivity index (χ1v) is 6.40. The molecule has 1 aliphatic heterocycles. The lowest BCUT2D eigenvalue weighted by Gasteiger charge is -2.29. The molecule has 0 atom stereocenters. The Morgan fingerprint density at radius 2 is 2.05 bits per heavy atom. The zero-order valence-electron chi connectivity index (χ0n) is 11.5.